The predicted octanol–water partition coefficient (Wildman–Crippen LogP) is 2.93. The van der Waals surface area contributed by atoms with E-state index in [4.69, 9.17) is 4.74 Å². The number of ether oxygens (including phenoxy) is 1. The number of para-hydroxylation sites is 1. The van der Waals surface area contributed by atoms with Gasteiger partial charge in [0.2, 0.25) is 0 Å². The second kappa shape index (κ2) is 7.75. The fraction of sp³-hybridized carbons (Fsp3) is 0.533. The molecule has 0 aliphatic rings. The smallest absolute Gasteiger partial charge is 0.260 e. The van der Waals surface area contributed by atoms with Gasteiger partial charge in [0.1, 0.15) is 5.75 Å². The Labute approximate surface area is 110 Å². The van der Waals surface area contributed by atoms with Crippen molar-refractivity contribution in [3.8, 4) is 5.75 Å². The zero-order chi connectivity index (χ0) is 13.4. The van der Waals surface area contributed by atoms with E-state index in [1.807, 2.05) is 24.3 Å². The summed E-state index contributed by atoms with van der Waals surface area (Å²) in [7, 11) is 0. The van der Waals surface area contributed by atoms with E-state index in [9.17, 15) is 4.79 Å². The van der Waals surface area contributed by atoms with Crippen molar-refractivity contribution in [3.63, 3.8) is 0 Å². The Morgan fingerprint density at radius 3 is 2.72 bits per heavy atom. The van der Waals surface area contributed by atoms with Crippen molar-refractivity contribution in [2.24, 2.45) is 0 Å². The summed E-state index contributed by atoms with van der Waals surface area (Å²) in [5.74, 6) is 0.757. The molecule has 0 spiro atoms. The fourth-order valence-corrected chi connectivity index (χ4v) is 1.69. The molecule has 0 fully saturated rings. The second-order valence-electron chi connectivity index (χ2n) is 4.37. The molecule has 1 aromatic rings. The van der Waals surface area contributed by atoms with Crippen LogP contribution in [0.25, 0.3) is 0 Å². The minimum absolute atomic E-state index is 0.0469. The van der Waals surface area contributed by atoms with E-state index >= 15 is 0 Å². The summed E-state index contributed by atoms with van der Waals surface area (Å²) in [5.41, 5.74) is 1.13. The molecule has 3 nitrogen and oxygen atoms in total. The molecule has 0 saturated carbocycles. The van der Waals surface area contributed by atoms with Crippen molar-refractivity contribution >= 4 is 5.91 Å². The Balaban J connectivity index is 2.52. The topological polar surface area (TPSA) is 38.3 Å². The van der Waals surface area contributed by atoms with Crippen LogP contribution in [0.1, 0.15) is 39.2 Å². The van der Waals surface area contributed by atoms with Crippen molar-refractivity contribution in [1.29, 1.82) is 0 Å². The first-order valence-corrected chi connectivity index (χ1v) is 6.71. The van der Waals surface area contributed by atoms with Crippen LogP contribution >= 0.6 is 0 Å². The molecule has 1 amide bonds. The first kappa shape index (κ1) is 14.6. The van der Waals surface area contributed by atoms with E-state index in [0.717, 1.165) is 37.1 Å². The maximum absolute atomic E-state index is 11.8. The normalized spacial score (nSPS) is 11.9. The third-order valence-corrected chi connectivity index (χ3v) is 2.86. The van der Waals surface area contributed by atoms with E-state index in [1.165, 1.54) is 0 Å². The van der Waals surface area contributed by atoms with Gasteiger partial charge >= 0.3 is 0 Å². The van der Waals surface area contributed by atoms with Gasteiger partial charge in [-0.1, -0.05) is 38.5 Å². The SMILES string of the molecule is CCCCNC(=O)C(C)Oc1ccccc1CC. The minimum atomic E-state index is -0.449. The van der Waals surface area contributed by atoms with Gasteiger partial charge in [-0.05, 0) is 31.4 Å². The van der Waals surface area contributed by atoms with Gasteiger partial charge in [0.05, 0.1) is 0 Å². The lowest BCUT2D eigenvalue weighted by atomic mass is 10.1. The third kappa shape index (κ3) is 4.40. The van der Waals surface area contributed by atoms with Crippen LogP contribution in [0.15, 0.2) is 24.3 Å². The van der Waals surface area contributed by atoms with Gasteiger partial charge in [-0.25, -0.2) is 0 Å². The van der Waals surface area contributed by atoms with Crippen LogP contribution in [0.4, 0.5) is 0 Å². The molecule has 0 heterocycles. The Hall–Kier alpha value is -1.51. The Morgan fingerprint density at radius 1 is 1.33 bits per heavy atom. The molecule has 0 radical (unpaired) electrons. The van der Waals surface area contributed by atoms with Gasteiger partial charge in [0, 0.05) is 6.54 Å². The molecular formula is C15H23NO2. The van der Waals surface area contributed by atoms with Crippen LogP contribution in [-0.2, 0) is 11.2 Å². The highest BCUT2D eigenvalue weighted by Crippen LogP contribution is 2.19. The zero-order valence-electron chi connectivity index (χ0n) is 11.5. The Kier molecular flexibility index (Phi) is 6.26. The Morgan fingerprint density at radius 2 is 2.06 bits per heavy atom. The molecule has 0 bridgehead atoms. The van der Waals surface area contributed by atoms with Crippen LogP contribution in [0, 0.1) is 0 Å². The average Bonchev–Trinajstić information content (AvgIpc) is 2.39. The molecular weight excluding hydrogens is 226 g/mol. The van der Waals surface area contributed by atoms with E-state index in [2.05, 4.69) is 19.2 Å². The van der Waals surface area contributed by atoms with Crippen molar-refractivity contribution in [1.82, 2.24) is 5.32 Å². The third-order valence-electron chi connectivity index (χ3n) is 2.86. The summed E-state index contributed by atoms with van der Waals surface area (Å²) in [6.07, 6.45) is 2.54. The van der Waals surface area contributed by atoms with Gasteiger partial charge in [-0.15, -0.1) is 0 Å². The number of carbonyl (C=O) groups excluding carboxylic acids is 1. The van der Waals surface area contributed by atoms with Crippen LogP contribution in [-0.4, -0.2) is 18.6 Å². The van der Waals surface area contributed by atoms with Gasteiger partial charge in [-0.3, -0.25) is 4.79 Å². The number of unbranched alkanes of at least 4 members (excludes halogenated alkanes) is 1. The van der Waals surface area contributed by atoms with Gasteiger partial charge in [-0.2, -0.15) is 0 Å². The number of nitrogens with one attached hydrogen (secondary N) is 1. The van der Waals surface area contributed by atoms with E-state index < -0.39 is 6.10 Å². The highest BCUT2D eigenvalue weighted by atomic mass is 16.5. The van der Waals surface area contributed by atoms with Gasteiger partial charge < -0.3 is 10.1 Å². The molecule has 18 heavy (non-hydrogen) atoms. The molecule has 1 unspecified atom stereocenters. The zero-order valence-corrected chi connectivity index (χ0v) is 11.5. The van der Waals surface area contributed by atoms with Crippen LogP contribution < -0.4 is 10.1 Å². The lowest BCUT2D eigenvalue weighted by Gasteiger charge is -2.16. The number of rotatable bonds is 7. The van der Waals surface area contributed by atoms with E-state index in [0.29, 0.717) is 0 Å². The number of amides is 1. The maximum atomic E-state index is 11.8. The predicted molar refractivity (Wildman–Crippen MR) is 73.8 cm³/mol. The summed E-state index contributed by atoms with van der Waals surface area (Å²) >= 11 is 0. The number of hydrogen-bond acceptors (Lipinski definition) is 2. The second-order valence-corrected chi connectivity index (χ2v) is 4.37. The summed E-state index contributed by atoms with van der Waals surface area (Å²) in [6, 6.07) is 7.85. The summed E-state index contributed by atoms with van der Waals surface area (Å²) in [5, 5.41) is 2.88. The summed E-state index contributed by atoms with van der Waals surface area (Å²) in [6.45, 7) is 6.68. The highest BCUT2D eigenvalue weighted by Gasteiger charge is 2.14. The average molecular weight is 249 g/mol. The molecule has 1 rings (SSSR count). The van der Waals surface area contributed by atoms with Crippen LogP contribution in [0.5, 0.6) is 5.75 Å². The van der Waals surface area contributed by atoms with Crippen molar-refractivity contribution < 1.29 is 9.53 Å². The van der Waals surface area contributed by atoms with E-state index in [1.54, 1.807) is 6.92 Å². The number of aryl methyl sites for hydroxylation is 1. The molecule has 0 aliphatic heterocycles. The summed E-state index contributed by atoms with van der Waals surface area (Å²) < 4.78 is 5.72. The van der Waals surface area contributed by atoms with E-state index in [-0.39, 0.29) is 5.91 Å². The molecule has 0 saturated heterocycles. The molecule has 1 atom stereocenters. The summed E-state index contributed by atoms with van der Waals surface area (Å²) in [4.78, 5) is 11.8. The van der Waals surface area contributed by atoms with Crippen LogP contribution in [0.2, 0.25) is 0 Å². The number of carbonyl (C=O) groups is 1. The van der Waals surface area contributed by atoms with Crippen molar-refractivity contribution in [3.05, 3.63) is 29.8 Å². The maximum Gasteiger partial charge on any atom is 0.260 e. The van der Waals surface area contributed by atoms with Gasteiger partial charge in [0.25, 0.3) is 5.91 Å². The first-order valence-electron chi connectivity index (χ1n) is 6.71. The number of hydrogen-bond donors (Lipinski definition) is 1. The number of benzene rings is 1. The largest absolute Gasteiger partial charge is 0.481 e. The molecule has 100 valence electrons. The lowest BCUT2D eigenvalue weighted by Crippen LogP contribution is -2.36. The lowest BCUT2D eigenvalue weighted by molar-refractivity contribution is -0.127. The van der Waals surface area contributed by atoms with Crippen molar-refractivity contribution in [2.45, 2.75) is 46.1 Å². The Bertz CT molecular complexity index is 377. The first-order chi connectivity index (χ1) is 8.69. The highest BCUT2D eigenvalue weighted by molar-refractivity contribution is 5.80. The molecule has 1 N–H and O–H groups in total. The monoisotopic (exact) mass is 249 g/mol. The molecule has 0 aliphatic carbocycles. The fourth-order valence-electron chi connectivity index (χ4n) is 1.69. The quantitative estimate of drug-likeness (QED) is 0.754. The molecule has 0 aromatic heterocycles. The minimum Gasteiger partial charge on any atom is -0.481 e. The molecule has 3 heteroatoms. The standard InChI is InChI=1S/C15H23NO2/c1-4-6-11-16-15(17)12(3)18-14-10-8-7-9-13(14)5-2/h7-10,12H,4-6,11H2,1-3H3,(H,16,17). The van der Waals surface area contributed by atoms with Crippen LogP contribution in [0.3, 0.4) is 0 Å². The molecule has 1 aromatic carbocycles. The van der Waals surface area contributed by atoms with Gasteiger partial charge in [0.15, 0.2) is 6.10 Å². The van der Waals surface area contributed by atoms with Crippen molar-refractivity contribution in [2.75, 3.05) is 6.54 Å².